The fraction of sp³-hybridized carbons (Fsp3) is 0.639. The number of carbonyl (C=O) groups excluding carboxylic acids is 2. The number of aliphatic hydroxyl groups is 10. The molecule has 0 spiro atoms. The molecule has 20 N–H and O–H groups in total. The fourth-order valence-electron chi connectivity index (χ4n) is 5.85. The molecule has 1 aromatic carbocycles. The second kappa shape index (κ2) is 25.0. The largest absolute Gasteiger partial charge is 0.394 e. The van der Waals surface area contributed by atoms with E-state index in [1.54, 1.807) is 6.92 Å². The van der Waals surface area contributed by atoms with Gasteiger partial charge in [-0.25, -0.2) is 9.97 Å². The van der Waals surface area contributed by atoms with Crippen molar-refractivity contribution in [2.45, 2.75) is 99.8 Å². The van der Waals surface area contributed by atoms with Crippen molar-refractivity contribution < 1.29 is 60.7 Å². The Labute approximate surface area is 346 Å². The van der Waals surface area contributed by atoms with E-state index in [-0.39, 0.29) is 48.0 Å². The van der Waals surface area contributed by atoms with Crippen LogP contribution in [0.2, 0.25) is 5.15 Å². The van der Waals surface area contributed by atoms with E-state index in [1.807, 2.05) is 24.3 Å². The molecule has 0 aliphatic carbocycles. The molecular formula is C36H61ClN10O12. The van der Waals surface area contributed by atoms with Gasteiger partial charge in [-0.05, 0) is 69.7 Å². The number of guanidine groups is 1. The van der Waals surface area contributed by atoms with E-state index >= 15 is 0 Å². The highest BCUT2D eigenvalue weighted by Crippen LogP contribution is 2.18. The second-order valence-corrected chi connectivity index (χ2v) is 14.9. The summed E-state index contributed by atoms with van der Waals surface area (Å²) in [4.78, 5) is 33.8. The van der Waals surface area contributed by atoms with Crippen LogP contribution in [-0.4, -0.2) is 184 Å². The summed E-state index contributed by atoms with van der Waals surface area (Å²) in [5.41, 5.74) is 17.6. The first-order valence-electron chi connectivity index (χ1n) is 19.0. The van der Waals surface area contributed by atoms with Gasteiger partial charge >= 0.3 is 0 Å². The van der Waals surface area contributed by atoms with Crippen LogP contribution in [0.15, 0.2) is 24.3 Å². The van der Waals surface area contributed by atoms with Crippen LogP contribution in [0, 0.1) is 5.41 Å². The Kier molecular flexibility index (Phi) is 21.7. The molecule has 2 amide bonds. The van der Waals surface area contributed by atoms with Crippen LogP contribution < -0.4 is 33.2 Å². The van der Waals surface area contributed by atoms with E-state index in [4.69, 9.17) is 44.4 Å². The van der Waals surface area contributed by atoms with Crippen molar-refractivity contribution >= 4 is 41.0 Å². The number of anilines is 2. The minimum atomic E-state index is -1.92. The Hall–Kier alpha value is -3.88. The summed E-state index contributed by atoms with van der Waals surface area (Å²) < 4.78 is 0. The molecule has 1 heterocycles. The predicted molar refractivity (Wildman–Crippen MR) is 216 cm³/mol. The Balaban J connectivity index is 1.88. The van der Waals surface area contributed by atoms with E-state index in [1.165, 1.54) is 4.90 Å². The molecule has 22 nitrogen and oxygen atoms in total. The van der Waals surface area contributed by atoms with Crippen molar-refractivity contribution in [2.24, 2.45) is 5.73 Å². The zero-order chi connectivity index (χ0) is 44.4. The van der Waals surface area contributed by atoms with Crippen LogP contribution in [0.1, 0.15) is 54.2 Å². The third kappa shape index (κ3) is 16.6. The number of aliphatic hydroxyl groups excluding tert-OH is 10. The SMILES string of the molecule is C[C@](CCc1ccc(CCCCNC(=N)NC(=O)c2nc(Cl)c(N)nc2N)cc1)(NCCCN(CC(O)C(O)C(O)C(O)CO)CC(O)C(O)C(O)C(O)CO)C(N)=O. The number of halogens is 1. The lowest BCUT2D eigenvalue weighted by Gasteiger charge is -2.34. The molecule has 2 rings (SSSR count). The number of rotatable bonds is 27. The maximum absolute atomic E-state index is 12.6. The van der Waals surface area contributed by atoms with Crippen molar-refractivity contribution in [1.29, 1.82) is 5.41 Å². The topological polar surface area (TPSA) is 403 Å². The first kappa shape index (κ1) is 51.3. The fourth-order valence-corrected chi connectivity index (χ4v) is 5.98. The lowest BCUT2D eigenvalue weighted by atomic mass is 9.91. The highest BCUT2D eigenvalue weighted by atomic mass is 35.5. The first-order valence-corrected chi connectivity index (χ1v) is 19.4. The highest BCUT2D eigenvalue weighted by Gasteiger charge is 2.35. The standard InChI is InChI=1S/C36H61ClN10O12/c1-36(34(40)59,43-13-4-14-47(15-21(50)26(54)28(56)23(52)17-48)16-22(51)27(55)29(57)24(53)18-49)11-10-20-8-6-19(7-9-20)5-2-3-12-42-35(41)46-33(58)25-31(38)45-32(39)30(37)44-25/h6-9,21-24,26-29,43,48-57H,2-5,10-18H2,1H3,(H2,40,59)(H4,38,39,45)(H3,41,42,46,58)/t21?,22?,23?,24?,26?,27?,28?,29?,36-/m1/s1. The predicted octanol–water partition coefficient (Wildman–Crippen LogP) is -5.10. The number of aryl methyl sites for hydroxylation is 2. The van der Waals surface area contributed by atoms with Gasteiger partial charge in [0.25, 0.3) is 5.91 Å². The van der Waals surface area contributed by atoms with Crippen LogP contribution in [0.25, 0.3) is 0 Å². The van der Waals surface area contributed by atoms with Gasteiger partial charge in [0.05, 0.1) is 31.0 Å². The molecule has 9 atom stereocenters. The summed E-state index contributed by atoms with van der Waals surface area (Å²) in [6, 6.07) is 7.84. The summed E-state index contributed by atoms with van der Waals surface area (Å²) in [7, 11) is 0. The summed E-state index contributed by atoms with van der Waals surface area (Å²) >= 11 is 5.81. The van der Waals surface area contributed by atoms with E-state index in [2.05, 4.69) is 25.9 Å². The maximum Gasteiger partial charge on any atom is 0.280 e. The number of nitrogens with zero attached hydrogens (tertiary/aromatic N) is 3. The van der Waals surface area contributed by atoms with E-state index < -0.39 is 92.5 Å². The molecule has 334 valence electrons. The third-order valence-corrected chi connectivity index (χ3v) is 10.0. The normalized spacial score (nSPS) is 16.9. The van der Waals surface area contributed by atoms with Gasteiger partial charge in [-0.2, -0.15) is 0 Å². The average molecular weight is 861 g/mol. The van der Waals surface area contributed by atoms with Crippen molar-refractivity contribution in [2.75, 3.05) is 57.4 Å². The lowest BCUT2D eigenvalue weighted by Crippen LogP contribution is -2.55. The zero-order valence-electron chi connectivity index (χ0n) is 32.9. The molecule has 1 aromatic heterocycles. The van der Waals surface area contributed by atoms with Crippen molar-refractivity contribution in [3.8, 4) is 0 Å². The molecule has 0 radical (unpaired) electrons. The molecular weight excluding hydrogens is 800 g/mol. The van der Waals surface area contributed by atoms with Crippen LogP contribution in [0.4, 0.5) is 11.6 Å². The van der Waals surface area contributed by atoms with E-state index in [9.17, 15) is 50.4 Å². The monoisotopic (exact) mass is 860 g/mol. The van der Waals surface area contributed by atoms with Gasteiger partial charge in [0.15, 0.2) is 28.4 Å². The average Bonchev–Trinajstić information content (AvgIpc) is 3.21. The molecule has 0 saturated heterocycles. The van der Waals surface area contributed by atoms with Crippen LogP contribution in [-0.2, 0) is 17.6 Å². The van der Waals surface area contributed by atoms with Crippen molar-refractivity contribution in [3.63, 3.8) is 0 Å². The highest BCUT2D eigenvalue weighted by molar-refractivity contribution is 6.31. The number of unbranched alkanes of at least 4 members (excludes halogenated alkanes) is 1. The number of carbonyl (C=O) groups is 2. The summed E-state index contributed by atoms with van der Waals surface area (Å²) in [6.45, 7) is -0.291. The number of hydrogen-bond donors (Lipinski definition) is 17. The summed E-state index contributed by atoms with van der Waals surface area (Å²) in [5.74, 6) is -1.95. The Morgan fingerprint density at radius 3 is 1.80 bits per heavy atom. The van der Waals surface area contributed by atoms with Gasteiger partial charge in [-0.1, -0.05) is 35.9 Å². The quantitative estimate of drug-likeness (QED) is 0.0227. The number of primary amides is 1. The Bertz CT molecular complexity index is 1590. The summed E-state index contributed by atoms with van der Waals surface area (Å²) in [5, 5.41) is 115. The number of hydrogen-bond acceptors (Lipinski definition) is 19. The minimum absolute atomic E-state index is 0.0642. The number of nitrogens with two attached hydrogens (primary N) is 3. The molecule has 2 aromatic rings. The number of benzene rings is 1. The number of nitrogens with one attached hydrogen (secondary N) is 4. The molecule has 0 aliphatic rings. The molecule has 59 heavy (non-hydrogen) atoms. The number of aromatic nitrogens is 2. The van der Waals surface area contributed by atoms with Gasteiger partial charge < -0.3 is 78.9 Å². The third-order valence-electron chi connectivity index (χ3n) is 9.74. The molecule has 0 fully saturated rings. The molecule has 0 bridgehead atoms. The van der Waals surface area contributed by atoms with E-state index in [0.29, 0.717) is 25.8 Å². The summed E-state index contributed by atoms with van der Waals surface area (Å²) in [6.07, 6.45) is -11.3. The van der Waals surface area contributed by atoms with Crippen molar-refractivity contribution in [3.05, 3.63) is 46.2 Å². The van der Waals surface area contributed by atoms with Crippen LogP contribution >= 0.6 is 11.6 Å². The van der Waals surface area contributed by atoms with Crippen molar-refractivity contribution in [1.82, 2.24) is 30.8 Å². The van der Waals surface area contributed by atoms with Gasteiger partial charge in [0.2, 0.25) is 5.91 Å². The van der Waals surface area contributed by atoms with Gasteiger partial charge in [-0.3, -0.25) is 25.2 Å². The van der Waals surface area contributed by atoms with E-state index in [0.717, 1.165) is 24.0 Å². The first-order chi connectivity index (χ1) is 27.7. The molecule has 23 heteroatoms. The molecule has 8 unspecified atom stereocenters. The van der Waals surface area contributed by atoms with Gasteiger partial charge in [0.1, 0.15) is 36.6 Å². The maximum atomic E-state index is 12.6. The van der Waals surface area contributed by atoms with Gasteiger partial charge in [-0.15, -0.1) is 0 Å². The number of amides is 2. The molecule has 0 saturated carbocycles. The molecule has 0 aliphatic heterocycles. The number of nitrogen functional groups attached to an aromatic ring is 2. The Morgan fingerprint density at radius 2 is 1.29 bits per heavy atom. The zero-order valence-corrected chi connectivity index (χ0v) is 33.6. The Morgan fingerprint density at radius 1 is 0.780 bits per heavy atom. The van der Waals surface area contributed by atoms with Crippen LogP contribution in [0.3, 0.4) is 0 Å². The smallest absolute Gasteiger partial charge is 0.280 e. The second-order valence-electron chi connectivity index (χ2n) is 14.5. The van der Waals surface area contributed by atoms with Gasteiger partial charge in [0, 0.05) is 19.6 Å². The minimum Gasteiger partial charge on any atom is -0.394 e. The van der Waals surface area contributed by atoms with Crippen LogP contribution in [0.5, 0.6) is 0 Å². The lowest BCUT2D eigenvalue weighted by molar-refractivity contribution is -0.130.